The first-order valence-corrected chi connectivity index (χ1v) is 11.7. The molecule has 0 spiro atoms. The fourth-order valence-corrected chi connectivity index (χ4v) is 4.32. The first-order chi connectivity index (χ1) is 16.2. The highest BCUT2D eigenvalue weighted by molar-refractivity contribution is 5.95. The molecule has 6 rings (SSSR count). The van der Waals surface area contributed by atoms with Crippen molar-refractivity contribution in [2.24, 2.45) is 0 Å². The van der Waals surface area contributed by atoms with Crippen LogP contribution in [0, 0.1) is 0 Å². The van der Waals surface area contributed by atoms with Gasteiger partial charge in [0.05, 0.1) is 5.52 Å². The van der Waals surface area contributed by atoms with Crippen LogP contribution in [0.25, 0.3) is 22.0 Å². The summed E-state index contributed by atoms with van der Waals surface area (Å²) in [6.45, 7) is 0.622. The molecule has 2 aliphatic rings. The van der Waals surface area contributed by atoms with Gasteiger partial charge in [-0.2, -0.15) is 0 Å². The molecule has 2 fully saturated rings. The summed E-state index contributed by atoms with van der Waals surface area (Å²) in [5, 5.41) is 4.57. The summed E-state index contributed by atoms with van der Waals surface area (Å²) in [6, 6.07) is 25.3. The van der Waals surface area contributed by atoms with E-state index in [2.05, 4.69) is 57.7 Å². The van der Waals surface area contributed by atoms with Crippen LogP contribution in [-0.2, 0) is 6.54 Å². The Labute approximate surface area is 193 Å². The molecule has 0 aliphatic heterocycles. The van der Waals surface area contributed by atoms with Crippen LogP contribution in [0.4, 0.5) is 5.82 Å². The third-order valence-electron chi connectivity index (χ3n) is 6.44. The molecule has 1 amide bonds. The summed E-state index contributed by atoms with van der Waals surface area (Å²) >= 11 is 0. The molecule has 0 unspecified atom stereocenters. The Morgan fingerprint density at radius 1 is 0.879 bits per heavy atom. The Balaban J connectivity index is 1.29. The first kappa shape index (κ1) is 19.9. The SMILES string of the molecule is O=C(c1ccccc1)N(Cc1cccc(-c2ccc3ncnc(NC4CC4)c3c2)c1)C1CC1. The zero-order valence-electron chi connectivity index (χ0n) is 18.4. The van der Waals surface area contributed by atoms with Crippen LogP contribution in [-0.4, -0.2) is 32.9 Å². The quantitative estimate of drug-likeness (QED) is 0.407. The molecule has 5 heteroatoms. The van der Waals surface area contributed by atoms with Crippen molar-refractivity contribution in [1.82, 2.24) is 14.9 Å². The molecule has 1 N–H and O–H groups in total. The molecular weight excluding hydrogens is 408 g/mol. The van der Waals surface area contributed by atoms with Gasteiger partial charge in [0.25, 0.3) is 5.91 Å². The minimum absolute atomic E-state index is 0.113. The zero-order chi connectivity index (χ0) is 22.2. The molecule has 4 aromatic rings. The number of carbonyl (C=O) groups is 1. The number of benzene rings is 3. The number of carbonyl (C=O) groups excluding carboxylic acids is 1. The van der Waals surface area contributed by atoms with Crippen molar-refractivity contribution >= 4 is 22.6 Å². The summed E-state index contributed by atoms with van der Waals surface area (Å²) in [4.78, 5) is 24.1. The van der Waals surface area contributed by atoms with E-state index in [1.165, 1.54) is 12.8 Å². The lowest BCUT2D eigenvalue weighted by atomic mass is 10.0. The minimum atomic E-state index is 0.113. The highest BCUT2D eigenvalue weighted by atomic mass is 16.2. The third-order valence-corrected chi connectivity index (χ3v) is 6.44. The van der Waals surface area contributed by atoms with Crippen LogP contribution < -0.4 is 5.32 Å². The number of nitrogens with zero attached hydrogens (tertiary/aromatic N) is 3. The highest BCUT2D eigenvalue weighted by Crippen LogP contribution is 2.33. The Bertz CT molecular complexity index is 1310. The van der Waals surface area contributed by atoms with Gasteiger partial charge in [-0.1, -0.05) is 42.5 Å². The number of hydrogen-bond acceptors (Lipinski definition) is 4. The molecule has 2 aliphatic carbocycles. The van der Waals surface area contributed by atoms with Crippen molar-refractivity contribution in [2.45, 2.75) is 44.3 Å². The van der Waals surface area contributed by atoms with Crippen molar-refractivity contribution in [3.05, 3.63) is 90.3 Å². The van der Waals surface area contributed by atoms with Crippen LogP contribution in [0.5, 0.6) is 0 Å². The number of nitrogens with one attached hydrogen (secondary N) is 1. The second kappa shape index (κ2) is 8.32. The summed E-state index contributed by atoms with van der Waals surface area (Å²) in [5.41, 5.74) is 5.11. The fraction of sp³-hybridized carbons (Fsp3) is 0.250. The number of rotatable bonds is 7. The van der Waals surface area contributed by atoms with Crippen molar-refractivity contribution < 1.29 is 4.79 Å². The fourth-order valence-electron chi connectivity index (χ4n) is 4.32. The van der Waals surface area contributed by atoms with Crippen LogP contribution in [0.3, 0.4) is 0 Å². The second-order valence-electron chi connectivity index (χ2n) is 9.10. The third kappa shape index (κ3) is 4.31. The number of amides is 1. The molecule has 164 valence electrons. The van der Waals surface area contributed by atoms with Gasteiger partial charge in [0.1, 0.15) is 12.1 Å². The summed E-state index contributed by atoms with van der Waals surface area (Å²) in [6.07, 6.45) is 6.20. The molecule has 0 atom stereocenters. The van der Waals surface area contributed by atoms with E-state index in [1.54, 1.807) is 6.33 Å². The Kier molecular flexibility index (Phi) is 5.02. The lowest BCUT2D eigenvalue weighted by molar-refractivity contribution is 0.0730. The summed E-state index contributed by atoms with van der Waals surface area (Å²) in [5.74, 6) is 1.02. The number of fused-ring (bicyclic) bond motifs is 1. The predicted octanol–water partition coefficient (Wildman–Crippen LogP) is 5.68. The van der Waals surface area contributed by atoms with E-state index in [9.17, 15) is 4.79 Å². The van der Waals surface area contributed by atoms with E-state index < -0.39 is 0 Å². The number of anilines is 1. The molecule has 33 heavy (non-hydrogen) atoms. The van der Waals surface area contributed by atoms with Crippen LogP contribution in [0.15, 0.2) is 79.1 Å². The summed E-state index contributed by atoms with van der Waals surface area (Å²) < 4.78 is 0. The minimum Gasteiger partial charge on any atom is -0.367 e. The van der Waals surface area contributed by atoms with E-state index in [1.807, 2.05) is 35.2 Å². The molecule has 0 radical (unpaired) electrons. The van der Waals surface area contributed by atoms with E-state index >= 15 is 0 Å². The van der Waals surface area contributed by atoms with Crippen molar-refractivity contribution in [1.29, 1.82) is 0 Å². The first-order valence-electron chi connectivity index (χ1n) is 11.7. The van der Waals surface area contributed by atoms with Crippen LogP contribution >= 0.6 is 0 Å². The Morgan fingerprint density at radius 2 is 1.70 bits per heavy atom. The highest BCUT2D eigenvalue weighted by Gasteiger charge is 2.33. The van der Waals surface area contributed by atoms with E-state index in [0.29, 0.717) is 18.6 Å². The van der Waals surface area contributed by atoms with Gasteiger partial charge in [0.2, 0.25) is 0 Å². The largest absolute Gasteiger partial charge is 0.367 e. The van der Waals surface area contributed by atoms with Crippen molar-refractivity contribution in [3.63, 3.8) is 0 Å². The normalized spacial score (nSPS) is 15.4. The number of aromatic nitrogens is 2. The van der Waals surface area contributed by atoms with Crippen LogP contribution in [0.2, 0.25) is 0 Å². The molecule has 1 heterocycles. The van der Waals surface area contributed by atoms with Gasteiger partial charge >= 0.3 is 0 Å². The Morgan fingerprint density at radius 3 is 2.48 bits per heavy atom. The van der Waals surface area contributed by atoms with E-state index in [4.69, 9.17) is 0 Å². The van der Waals surface area contributed by atoms with Gasteiger partial charge in [-0.3, -0.25) is 4.79 Å². The molecule has 5 nitrogen and oxygen atoms in total. The second-order valence-corrected chi connectivity index (χ2v) is 9.10. The zero-order valence-corrected chi connectivity index (χ0v) is 18.4. The standard InChI is InChI=1S/C28H26N4O/c33-28(20-6-2-1-3-7-20)32(24-12-13-24)17-19-5-4-8-21(15-19)22-9-14-26-25(16-22)27(30-18-29-26)31-23-10-11-23/h1-9,14-16,18,23-24H,10-13,17H2,(H,29,30,31). The maximum atomic E-state index is 13.2. The van der Waals surface area contributed by atoms with Gasteiger partial charge in [-0.15, -0.1) is 0 Å². The molecule has 0 bridgehead atoms. The van der Waals surface area contributed by atoms with Gasteiger partial charge < -0.3 is 10.2 Å². The molecule has 3 aromatic carbocycles. The molecule has 1 aromatic heterocycles. The smallest absolute Gasteiger partial charge is 0.254 e. The van der Waals surface area contributed by atoms with Crippen LogP contribution in [0.1, 0.15) is 41.6 Å². The monoisotopic (exact) mass is 434 g/mol. The topological polar surface area (TPSA) is 58.1 Å². The average molecular weight is 435 g/mol. The summed E-state index contributed by atoms with van der Waals surface area (Å²) in [7, 11) is 0. The van der Waals surface area contributed by atoms with Gasteiger partial charge in [-0.25, -0.2) is 9.97 Å². The lowest BCUT2D eigenvalue weighted by Crippen LogP contribution is -2.32. The van der Waals surface area contributed by atoms with E-state index in [0.717, 1.165) is 51.8 Å². The van der Waals surface area contributed by atoms with Crippen molar-refractivity contribution in [3.8, 4) is 11.1 Å². The molecular formula is C28H26N4O. The maximum absolute atomic E-state index is 13.2. The lowest BCUT2D eigenvalue weighted by Gasteiger charge is -2.23. The van der Waals surface area contributed by atoms with Crippen molar-refractivity contribution in [2.75, 3.05) is 5.32 Å². The molecule has 0 saturated heterocycles. The Hall–Kier alpha value is -3.73. The molecule has 2 saturated carbocycles. The van der Waals surface area contributed by atoms with Gasteiger partial charge in [0.15, 0.2) is 0 Å². The predicted molar refractivity (Wildman–Crippen MR) is 131 cm³/mol. The van der Waals surface area contributed by atoms with E-state index in [-0.39, 0.29) is 5.91 Å². The van der Waals surface area contributed by atoms with Gasteiger partial charge in [0, 0.05) is 29.6 Å². The number of hydrogen-bond donors (Lipinski definition) is 1. The maximum Gasteiger partial charge on any atom is 0.254 e. The van der Waals surface area contributed by atoms with Gasteiger partial charge in [-0.05, 0) is 72.7 Å². The average Bonchev–Trinajstić information content (AvgIpc) is 3.78.